The van der Waals surface area contributed by atoms with Crippen molar-refractivity contribution in [2.24, 2.45) is 5.92 Å². The van der Waals surface area contributed by atoms with E-state index in [1.165, 1.54) is 6.54 Å². The number of rotatable bonds is 5. The summed E-state index contributed by atoms with van der Waals surface area (Å²) >= 11 is 0. The molecule has 1 rings (SSSR count). The maximum Gasteiger partial charge on any atom is 0.0724 e. The molecule has 0 saturated carbocycles. The molecule has 1 aliphatic heterocycles. The molecule has 0 bridgehead atoms. The lowest BCUT2D eigenvalue weighted by Gasteiger charge is -2.33. The van der Waals surface area contributed by atoms with Crippen molar-refractivity contribution in [1.29, 1.82) is 0 Å². The zero-order valence-electron chi connectivity index (χ0n) is 9.66. The van der Waals surface area contributed by atoms with E-state index in [0.717, 1.165) is 38.6 Å². The third-order valence-corrected chi connectivity index (χ3v) is 2.49. The Morgan fingerprint density at radius 1 is 1.50 bits per heavy atom. The van der Waals surface area contributed by atoms with Gasteiger partial charge in [-0.15, -0.1) is 0 Å². The van der Waals surface area contributed by atoms with Gasteiger partial charge in [0.15, 0.2) is 0 Å². The molecule has 0 amide bonds. The van der Waals surface area contributed by atoms with Crippen LogP contribution in [-0.2, 0) is 9.47 Å². The molecule has 0 aromatic carbocycles. The van der Waals surface area contributed by atoms with Crippen molar-refractivity contribution in [2.45, 2.75) is 26.4 Å². The lowest BCUT2D eigenvalue weighted by molar-refractivity contribution is -0.0434. The molecule has 0 aromatic rings. The Kier molecular flexibility index (Phi) is 5.45. The van der Waals surface area contributed by atoms with Gasteiger partial charge in [0.05, 0.1) is 12.7 Å². The van der Waals surface area contributed by atoms with Crippen LogP contribution in [0.3, 0.4) is 0 Å². The van der Waals surface area contributed by atoms with Gasteiger partial charge in [0.25, 0.3) is 0 Å². The molecular formula is C11H23NO2. The van der Waals surface area contributed by atoms with Crippen LogP contribution in [0.15, 0.2) is 0 Å². The standard InChI is InChI=1S/C11H23NO2/c1-10(2)8-12-5-7-14-11(9-12)4-6-13-3/h10-11H,4-9H2,1-3H3. The highest BCUT2D eigenvalue weighted by Crippen LogP contribution is 2.10. The van der Waals surface area contributed by atoms with E-state index in [0.29, 0.717) is 6.10 Å². The number of nitrogens with zero attached hydrogens (tertiary/aromatic N) is 1. The first-order valence-electron chi connectivity index (χ1n) is 5.55. The normalized spacial score (nSPS) is 24.4. The fraction of sp³-hybridized carbons (Fsp3) is 1.00. The van der Waals surface area contributed by atoms with E-state index in [1.807, 2.05) is 0 Å². The molecular weight excluding hydrogens is 178 g/mol. The Hall–Kier alpha value is -0.120. The summed E-state index contributed by atoms with van der Waals surface area (Å²) in [4.78, 5) is 2.49. The molecule has 0 N–H and O–H groups in total. The van der Waals surface area contributed by atoms with Crippen LogP contribution in [0.1, 0.15) is 20.3 Å². The van der Waals surface area contributed by atoms with Crippen molar-refractivity contribution in [1.82, 2.24) is 4.90 Å². The third kappa shape index (κ3) is 4.40. The minimum absolute atomic E-state index is 0.377. The molecule has 1 atom stereocenters. The van der Waals surface area contributed by atoms with E-state index in [1.54, 1.807) is 7.11 Å². The van der Waals surface area contributed by atoms with E-state index >= 15 is 0 Å². The number of hydrogen-bond donors (Lipinski definition) is 0. The minimum atomic E-state index is 0.377. The lowest BCUT2D eigenvalue weighted by Crippen LogP contribution is -2.44. The lowest BCUT2D eigenvalue weighted by atomic mass is 10.1. The summed E-state index contributed by atoms with van der Waals surface area (Å²) in [6.07, 6.45) is 1.40. The summed E-state index contributed by atoms with van der Waals surface area (Å²) in [7, 11) is 1.74. The summed E-state index contributed by atoms with van der Waals surface area (Å²) in [5.74, 6) is 0.746. The molecule has 14 heavy (non-hydrogen) atoms. The Morgan fingerprint density at radius 3 is 2.93 bits per heavy atom. The van der Waals surface area contributed by atoms with Gasteiger partial charge in [-0.3, -0.25) is 4.90 Å². The van der Waals surface area contributed by atoms with E-state index in [4.69, 9.17) is 9.47 Å². The molecule has 84 valence electrons. The molecule has 0 aromatic heterocycles. The second-order valence-electron chi connectivity index (χ2n) is 4.43. The van der Waals surface area contributed by atoms with Gasteiger partial charge in [-0.1, -0.05) is 13.8 Å². The van der Waals surface area contributed by atoms with Crippen LogP contribution < -0.4 is 0 Å². The fourth-order valence-corrected chi connectivity index (χ4v) is 1.89. The molecule has 1 saturated heterocycles. The van der Waals surface area contributed by atoms with Crippen LogP contribution in [0.4, 0.5) is 0 Å². The van der Waals surface area contributed by atoms with Gasteiger partial charge in [-0.05, 0) is 12.3 Å². The SMILES string of the molecule is COCCC1CN(CC(C)C)CCO1. The van der Waals surface area contributed by atoms with E-state index in [-0.39, 0.29) is 0 Å². The average molecular weight is 201 g/mol. The summed E-state index contributed by atoms with van der Waals surface area (Å²) in [5.41, 5.74) is 0. The number of methoxy groups -OCH3 is 1. The van der Waals surface area contributed by atoms with Crippen molar-refractivity contribution < 1.29 is 9.47 Å². The first kappa shape index (κ1) is 12.0. The molecule has 1 unspecified atom stereocenters. The minimum Gasteiger partial charge on any atom is -0.385 e. The Balaban J connectivity index is 2.21. The maximum atomic E-state index is 5.67. The topological polar surface area (TPSA) is 21.7 Å². The quantitative estimate of drug-likeness (QED) is 0.671. The summed E-state index contributed by atoms with van der Waals surface area (Å²) < 4.78 is 10.7. The van der Waals surface area contributed by atoms with Gasteiger partial charge in [-0.2, -0.15) is 0 Å². The van der Waals surface area contributed by atoms with Crippen LogP contribution in [0.5, 0.6) is 0 Å². The molecule has 1 heterocycles. The molecule has 0 aliphatic carbocycles. The van der Waals surface area contributed by atoms with Gasteiger partial charge in [0.2, 0.25) is 0 Å². The van der Waals surface area contributed by atoms with Crippen LogP contribution in [-0.4, -0.2) is 51.0 Å². The highest BCUT2D eigenvalue weighted by Gasteiger charge is 2.20. The van der Waals surface area contributed by atoms with Crippen molar-refractivity contribution in [2.75, 3.05) is 40.0 Å². The Morgan fingerprint density at radius 2 is 2.29 bits per heavy atom. The molecule has 3 nitrogen and oxygen atoms in total. The molecule has 1 fully saturated rings. The summed E-state index contributed by atoms with van der Waals surface area (Å²) in [5, 5.41) is 0. The zero-order valence-corrected chi connectivity index (χ0v) is 9.66. The number of hydrogen-bond acceptors (Lipinski definition) is 3. The monoisotopic (exact) mass is 201 g/mol. The van der Waals surface area contributed by atoms with Crippen molar-refractivity contribution in [3.63, 3.8) is 0 Å². The maximum absolute atomic E-state index is 5.67. The third-order valence-electron chi connectivity index (χ3n) is 2.49. The van der Waals surface area contributed by atoms with E-state index in [9.17, 15) is 0 Å². The predicted molar refractivity (Wildman–Crippen MR) is 57.5 cm³/mol. The molecule has 3 heteroatoms. The van der Waals surface area contributed by atoms with Gasteiger partial charge in [0.1, 0.15) is 0 Å². The van der Waals surface area contributed by atoms with Crippen LogP contribution in [0.25, 0.3) is 0 Å². The first-order chi connectivity index (χ1) is 6.72. The highest BCUT2D eigenvalue weighted by molar-refractivity contribution is 4.72. The van der Waals surface area contributed by atoms with Crippen molar-refractivity contribution >= 4 is 0 Å². The van der Waals surface area contributed by atoms with Gasteiger partial charge in [0, 0.05) is 33.4 Å². The predicted octanol–water partition coefficient (Wildman–Crippen LogP) is 1.38. The van der Waals surface area contributed by atoms with Crippen molar-refractivity contribution in [3.05, 3.63) is 0 Å². The molecule has 0 spiro atoms. The van der Waals surface area contributed by atoms with Gasteiger partial charge < -0.3 is 9.47 Å². The molecule has 1 aliphatic rings. The zero-order chi connectivity index (χ0) is 10.4. The van der Waals surface area contributed by atoms with Crippen LogP contribution >= 0.6 is 0 Å². The van der Waals surface area contributed by atoms with Crippen LogP contribution in [0, 0.1) is 5.92 Å². The highest BCUT2D eigenvalue weighted by atomic mass is 16.5. The Labute approximate surface area is 87.4 Å². The molecule has 0 radical (unpaired) electrons. The second kappa shape index (κ2) is 6.38. The van der Waals surface area contributed by atoms with Crippen LogP contribution in [0.2, 0.25) is 0 Å². The van der Waals surface area contributed by atoms with E-state index in [2.05, 4.69) is 18.7 Å². The largest absolute Gasteiger partial charge is 0.385 e. The number of morpholine rings is 1. The average Bonchev–Trinajstić information content (AvgIpc) is 2.14. The van der Waals surface area contributed by atoms with Crippen molar-refractivity contribution in [3.8, 4) is 0 Å². The number of ether oxygens (including phenoxy) is 2. The summed E-state index contributed by atoms with van der Waals surface area (Å²) in [6.45, 7) is 9.55. The van der Waals surface area contributed by atoms with Gasteiger partial charge in [-0.25, -0.2) is 0 Å². The Bertz CT molecular complexity index is 150. The first-order valence-corrected chi connectivity index (χ1v) is 5.55. The van der Waals surface area contributed by atoms with Gasteiger partial charge >= 0.3 is 0 Å². The van der Waals surface area contributed by atoms with E-state index < -0.39 is 0 Å². The smallest absolute Gasteiger partial charge is 0.0724 e. The summed E-state index contributed by atoms with van der Waals surface area (Å²) in [6, 6.07) is 0. The fourth-order valence-electron chi connectivity index (χ4n) is 1.89. The second-order valence-corrected chi connectivity index (χ2v) is 4.43.